The van der Waals surface area contributed by atoms with Gasteiger partial charge in [-0.25, -0.2) is 0 Å². The van der Waals surface area contributed by atoms with Gasteiger partial charge in [-0.05, 0) is 49.2 Å². The number of thiophene rings is 1. The fourth-order valence-corrected chi connectivity index (χ4v) is 3.52. The zero-order valence-electron chi connectivity index (χ0n) is 11.4. The van der Waals surface area contributed by atoms with Crippen LogP contribution in [0.25, 0.3) is 10.9 Å². The van der Waals surface area contributed by atoms with Crippen LogP contribution in [0.15, 0.2) is 48.0 Å². The van der Waals surface area contributed by atoms with Crippen molar-refractivity contribution in [1.82, 2.24) is 10.3 Å². The summed E-state index contributed by atoms with van der Waals surface area (Å²) in [5.41, 5.74) is 2.65. The van der Waals surface area contributed by atoms with E-state index in [1.807, 2.05) is 24.6 Å². The molecule has 0 radical (unpaired) electrons. The van der Waals surface area contributed by atoms with Gasteiger partial charge in [0.1, 0.15) is 0 Å². The third kappa shape index (κ3) is 2.90. The van der Waals surface area contributed by atoms with Crippen LogP contribution >= 0.6 is 23.7 Å². The Balaban J connectivity index is 0.00000147. The largest absolute Gasteiger partial charge is 0.361 e. The number of fused-ring (bicyclic) bond motifs is 1. The maximum atomic E-state index is 3.30. The van der Waals surface area contributed by atoms with E-state index in [0.717, 1.165) is 13.0 Å². The number of halogens is 1. The zero-order valence-corrected chi connectivity index (χ0v) is 13.1. The Bertz CT molecular complexity index is 645. The molecule has 1 aromatic carbocycles. The number of aromatic amines is 1. The van der Waals surface area contributed by atoms with Crippen LogP contribution in [0.4, 0.5) is 0 Å². The van der Waals surface area contributed by atoms with Crippen molar-refractivity contribution >= 4 is 34.6 Å². The van der Waals surface area contributed by atoms with Crippen LogP contribution in [0.2, 0.25) is 0 Å². The van der Waals surface area contributed by atoms with Crippen LogP contribution in [0.5, 0.6) is 0 Å². The molecule has 2 heterocycles. The highest BCUT2D eigenvalue weighted by atomic mass is 35.5. The lowest BCUT2D eigenvalue weighted by Crippen LogP contribution is -2.12. The molecular weight excluding hydrogens is 288 g/mol. The topological polar surface area (TPSA) is 27.8 Å². The highest BCUT2D eigenvalue weighted by Crippen LogP contribution is 2.34. The summed E-state index contributed by atoms with van der Waals surface area (Å²) in [6, 6.07) is 13.1. The van der Waals surface area contributed by atoms with Crippen molar-refractivity contribution in [3.8, 4) is 0 Å². The Kier molecular flexibility index (Phi) is 5.24. The van der Waals surface area contributed by atoms with E-state index in [9.17, 15) is 0 Å². The molecule has 1 atom stereocenters. The highest BCUT2D eigenvalue weighted by molar-refractivity contribution is 7.10. The second-order valence-corrected chi connectivity index (χ2v) is 5.73. The Morgan fingerprint density at radius 2 is 2.10 bits per heavy atom. The van der Waals surface area contributed by atoms with Gasteiger partial charge in [-0.1, -0.05) is 18.2 Å². The van der Waals surface area contributed by atoms with Gasteiger partial charge in [0.2, 0.25) is 0 Å². The molecule has 0 aliphatic heterocycles. The van der Waals surface area contributed by atoms with E-state index in [0.29, 0.717) is 5.92 Å². The lowest BCUT2D eigenvalue weighted by atomic mass is 9.91. The minimum absolute atomic E-state index is 0. The predicted molar refractivity (Wildman–Crippen MR) is 90.3 cm³/mol. The molecule has 2 N–H and O–H groups in total. The van der Waals surface area contributed by atoms with E-state index >= 15 is 0 Å². The first-order chi connectivity index (χ1) is 9.40. The third-order valence-electron chi connectivity index (χ3n) is 3.57. The smallest absolute Gasteiger partial charge is 0.0456 e. The summed E-state index contributed by atoms with van der Waals surface area (Å²) in [6.45, 7) is 1.03. The molecule has 2 aromatic heterocycles. The van der Waals surface area contributed by atoms with Gasteiger partial charge in [0, 0.05) is 27.9 Å². The number of H-pyrrole nitrogens is 1. The predicted octanol–water partition coefficient (Wildman–Crippen LogP) is 4.39. The molecule has 0 saturated heterocycles. The number of nitrogens with one attached hydrogen (secondary N) is 2. The monoisotopic (exact) mass is 306 g/mol. The first-order valence-electron chi connectivity index (χ1n) is 6.64. The molecule has 0 spiro atoms. The van der Waals surface area contributed by atoms with E-state index in [4.69, 9.17) is 0 Å². The molecule has 3 aromatic rings. The second-order valence-electron chi connectivity index (χ2n) is 4.75. The molecule has 0 aliphatic rings. The van der Waals surface area contributed by atoms with E-state index < -0.39 is 0 Å². The molecule has 0 fully saturated rings. The average molecular weight is 307 g/mol. The molecular formula is C16H19ClN2S. The minimum Gasteiger partial charge on any atom is -0.361 e. The second kappa shape index (κ2) is 6.93. The fraction of sp³-hybridized carbons (Fsp3) is 0.250. The van der Waals surface area contributed by atoms with Crippen LogP contribution in [-0.4, -0.2) is 18.6 Å². The third-order valence-corrected chi connectivity index (χ3v) is 4.56. The average Bonchev–Trinajstić information content (AvgIpc) is 3.10. The van der Waals surface area contributed by atoms with Crippen molar-refractivity contribution < 1.29 is 0 Å². The van der Waals surface area contributed by atoms with Gasteiger partial charge in [-0.3, -0.25) is 0 Å². The van der Waals surface area contributed by atoms with E-state index in [1.54, 1.807) is 0 Å². The molecule has 0 bridgehead atoms. The first kappa shape index (κ1) is 15.1. The van der Waals surface area contributed by atoms with E-state index in [2.05, 4.69) is 52.1 Å². The summed E-state index contributed by atoms with van der Waals surface area (Å²) in [4.78, 5) is 4.75. The van der Waals surface area contributed by atoms with Gasteiger partial charge in [0.25, 0.3) is 0 Å². The van der Waals surface area contributed by atoms with Gasteiger partial charge in [-0.15, -0.1) is 23.7 Å². The maximum Gasteiger partial charge on any atom is 0.0456 e. The van der Waals surface area contributed by atoms with Crippen molar-refractivity contribution in [3.05, 3.63) is 58.4 Å². The summed E-state index contributed by atoms with van der Waals surface area (Å²) in [5.74, 6) is 0.479. The normalized spacial score (nSPS) is 12.2. The number of aromatic nitrogens is 1. The molecule has 0 aliphatic carbocycles. The summed E-state index contributed by atoms with van der Waals surface area (Å²) in [6.07, 6.45) is 3.15. The zero-order chi connectivity index (χ0) is 13.1. The van der Waals surface area contributed by atoms with Gasteiger partial charge in [0.15, 0.2) is 0 Å². The highest BCUT2D eigenvalue weighted by Gasteiger charge is 2.17. The Labute approximate surface area is 129 Å². The van der Waals surface area contributed by atoms with Gasteiger partial charge < -0.3 is 10.3 Å². The van der Waals surface area contributed by atoms with Crippen LogP contribution in [0, 0.1) is 0 Å². The standard InChI is InChI=1S/C16H18N2S.ClH/c1-17-9-7-14(16-6-3-11-19-16)12-4-2-5-15-13(12)8-10-18-15;/h2-6,8,10-11,14,17-18H,7,9H2,1H3;1H/t14-;/m0./s1. The van der Waals surface area contributed by atoms with Gasteiger partial charge >= 0.3 is 0 Å². The van der Waals surface area contributed by atoms with Crippen molar-refractivity contribution in [2.45, 2.75) is 12.3 Å². The Hall–Kier alpha value is -1.29. The SMILES string of the molecule is CNCC[C@H](c1cccs1)c1cccc2[nH]ccc12.Cl. The van der Waals surface area contributed by atoms with Crippen LogP contribution < -0.4 is 5.32 Å². The van der Waals surface area contributed by atoms with Gasteiger partial charge in [0.05, 0.1) is 0 Å². The molecule has 4 heteroatoms. The molecule has 0 amide bonds. The van der Waals surface area contributed by atoms with Crippen LogP contribution in [0.1, 0.15) is 22.8 Å². The summed E-state index contributed by atoms with van der Waals surface area (Å²) < 4.78 is 0. The fourth-order valence-electron chi connectivity index (χ4n) is 2.64. The summed E-state index contributed by atoms with van der Waals surface area (Å²) in [5, 5.41) is 6.78. The molecule has 0 unspecified atom stereocenters. The molecule has 0 saturated carbocycles. The lowest BCUT2D eigenvalue weighted by molar-refractivity contribution is 0.671. The van der Waals surface area contributed by atoms with Crippen molar-refractivity contribution in [2.75, 3.05) is 13.6 Å². The first-order valence-corrected chi connectivity index (χ1v) is 7.52. The van der Waals surface area contributed by atoms with Crippen molar-refractivity contribution in [3.63, 3.8) is 0 Å². The molecule has 20 heavy (non-hydrogen) atoms. The van der Waals surface area contributed by atoms with Gasteiger partial charge in [-0.2, -0.15) is 0 Å². The molecule has 106 valence electrons. The number of rotatable bonds is 5. The van der Waals surface area contributed by atoms with E-state index in [1.165, 1.54) is 21.3 Å². The number of hydrogen-bond acceptors (Lipinski definition) is 2. The quantitative estimate of drug-likeness (QED) is 0.719. The molecule has 3 rings (SSSR count). The van der Waals surface area contributed by atoms with Crippen LogP contribution in [-0.2, 0) is 0 Å². The molecule has 2 nitrogen and oxygen atoms in total. The van der Waals surface area contributed by atoms with E-state index in [-0.39, 0.29) is 12.4 Å². The maximum absolute atomic E-state index is 3.30. The summed E-state index contributed by atoms with van der Waals surface area (Å²) >= 11 is 1.85. The Morgan fingerprint density at radius 3 is 2.85 bits per heavy atom. The number of hydrogen-bond donors (Lipinski definition) is 2. The minimum atomic E-state index is 0. The lowest BCUT2D eigenvalue weighted by Gasteiger charge is -2.17. The Morgan fingerprint density at radius 1 is 1.20 bits per heavy atom. The number of benzene rings is 1. The summed E-state index contributed by atoms with van der Waals surface area (Å²) in [7, 11) is 2.02. The van der Waals surface area contributed by atoms with Crippen molar-refractivity contribution in [2.24, 2.45) is 0 Å². The van der Waals surface area contributed by atoms with Crippen LogP contribution in [0.3, 0.4) is 0 Å². The van der Waals surface area contributed by atoms with Crippen molar-refractivity contribution in [1.29, 1.82) is 0 Å².